The van der Waals surface area contributed by atoms with Gasteiger partial charge in [0.2, 0.25) is 5.91 Å². The number of aryl methyl sites for hydroxylation is 1. The van der Waals surface area contributed by atoms with Gasteiger partial charge in [-0.25, -0.2) is 4.39 Å². The maximum Gasteiger partial charge on any atom is 0.253 e. The van der Waals surface area contributed by atoms with Gasteiger partial charge < -0.3 is 15.2 Å². The number of amides is 2. The highest BCUT2D eigenvalue weighted by Gasteiger charge is 2.24. The molecule has 0 spiro atoms. The SMILES string of the molecule is Cc1ccc(F)cc1NC(=O)CSc1nnc(C(CC(C)C)NC(=O)c2ccccc2Cl)n1C. The molecule has 1 unspecified atom stereocenters. The summed E-state index contributed by atoms with van der Waals surface area (Å²) in [5.41, 5.74) is 1.59. The Balaban J connectivity index is 1.70. The quantitative estimate of drug-likeness (QED) is 0.393. The van der Waals surface area contributed by atoms with Crippen LogP contribution in [0.3, 0.4) is 0 Å². The first-order chi connectivity index (χ1) is 16.2. The number of carbonyl (C=O) groups is 2. The maximum absolute atomic E-state index is 13.5. The second-order valence-electron chi connectivity index (χ2n) is 8.33. The molecule has 0 fully saturated rings. The molecule has 180 valence electrons. The molecule has 1 aromatic heterocycles. The van der Waals surface area contributed by atoms with Crippen molar-refractivity contribution >= 4 is 40.9 Å². The molecule has 2 aromatic carbocycles. The van der Waals surface area contributed by atoms with Gasteiger partial charge in [-0.15, -0.1) is 10.2 Å². The molecule has 1 atom stereocenters. The van der Waals surface area contributed by atoms with E-state index in [9.17, 15) is 14.0 Å². The minimum atomic E-state index is -0.415. The van der Waals surface area contributed by atoms with Crippen molar-refractivity contribution in [2.75, 3.05) is 11.1 Å². The smallest absolute Gasteiger partial charge is 0.253 e. The first-order valence-electron chi connectivity index (χ1n) is 10.8. The van der Waals surface area contributed by atoms with E-state index in [1.807, 2.05) is 0 Å². The summed E-state index contributed by atoms with van der Waals surface area (Å²) >= 11 is 7.39. The molecule has 0 aliphatic heterocycles. The number of hydrogen-bond donors (Lipinski definition) is 2. The van der Waals surface area contributed by atoms with Gasteiger partial charge in [-0.2, -0.15) is 0 Å². The van der Waals surface area contributed by atoms with E-state index in [2.05, 4.69) is 34.7 Å². The summed E-state index contributed by atoms with van der Waals surface area (Å²) in [4.78, 5) is 25.3. The Kier molecular flexibility index (Phi) is 8.68. The molecule has 7 nitrogen and oxygen atoms in total. The van der Waals surface area contributed by atoms with Crippen LogP contribution in [0.25, 0.3) is 0 Å². The van der Waals surface area contributed by atoms with E-state index in [0.717, 1.165) is 5.56 Å². The van der Waals surface area contributed by atoms with Crippen LogP contribution in [0.2, 0.25) is 5.02 Å². The minimum absolute atomic E-state index is 0.0722. The molecule has 10 heteroatoms. The summed E-state index contributed by atoms with van der Waals surface area (Å²) in [6.07, 6.45) is 0.645. The van der Waals surface area contributed by atoms with Gasteiger partial charge in [-0.05, 0) is 49.1 Å². The molecule has 3 aromatic rings. The average Bonchev–Trinajstić information content (AvgIpc) is 3.14. The number of nitrogens with one attached hydrogen (secondary N) is 2. The third-order valence-corrected chi connectivity index (χ3v) is 6.47. The zero-order valence-electron chi connectivity index (χ0n) is 19.4. The molecule has 0 saturated carbocycles. The zero-order valence-corrected chi connectivity index (χ0v) is 21.0. The van der Waals surface area contributed by atoms with Gasteiger partial charge in [0.1, 0.15) is 5.82 Å². The minimum Gasteiger partial charge on any atom is -0.342 e. The van der Waals surface area contributed by atoms with Crippen LogP contribution in [-0.4, -0.2) is 32.3 Å². The third-order valence-electron chi connectivity index (χ3n) is 5.12. The number of halogens is 2. The summed E-state index contributed by atoms with van der Waals surface area (Å²) in [7, 11) is 1.79. The van der Waals surface area contributed by atoms with Gasteiger partial charge in [-0.3, -0.25) is 9.59 Å². The number of carbonyl (C=O) groups excluding carboxylic acids is 2. The molecular weight excluding hydrogens is 477 g/mol. The lowest BCUT2D eigenvalue weighted by atomic mass is 10.0. The monoisotopic (exact) mass is 503 g/mol. The van der Waals surface area contributed by atoms with E-state index in [-0.39, 0.29) is 29.5 Å². The molecule has 0 saturated heterocycles. The Hall–Kier alpha value is -2.91. The number of benzene rings is 2. The molecule has 2 amide bonds. The summed E-state index contributed by atoms with van der Waals surface area (Å²) in [5, 5.41) is 15.1. The number of rotatable bonds is 9. The van der Waals surface area contributed by atoms with E-state index in [4.69, 9.17) is 11.6 Å². The van der Waals surface area contributed by atoms with Crippen molar-refractivity contribution in [1.82, 2.24) is 20.1 Å². The van der Waals surface area contributed by atoms with Gasteiger partial charge in [0.25, 0.3) is 5.91 Å². The largest absolute Gasteiger partial charge is 0.342 e. The van der Waals surface area contributed by atoms with Gasteiger partial charge in [0.05, 0.1) is 22.4 Å². The van der Waals surface area contributed by atoms with Crippen molar-refractivity contribution in [3.63, 3.8) is 0 Å². The number of anilines is 1. The van der Waals surface area contributed by atoms with Crippen LogP contribution in [0.1, 0.15) is 48.1 Å². The van der Waals surface area contributed by atoms with Crippen LogP contribution in [0, 0.1) is 18.7 Å². The van der Waals surface area contributed by atoms with E-state index < -0.39 is 5.82 Å². The van der Waals surface area contributed by atoms with Crippen LogP contribution in [0.15, 0.2) is 47.6 Å². The van der Waals surface area contributed by atoms with Crippen molar-refractivity contribution in [2.45, 2.75) is 38.4 Å². The second kappa shape index (κ2) is 11.5. The maximum atomic E-state index is 13.5. The predicted octanol–water partition coefficient (Wildman–Crippen LogP) is 5.16. The molecule has 34 heavy (non-hydrogen) atoms. The normalized spacial score (nSPS) is 12.0. The standard InChI is InChI=1S/C24H27ClFN5O2S/c1-14(2)11-20(28-23(33)17-7-5-6-8-18(17)25)22-29-30-24(31(22)4)34-13-21(32)27-19-12-16(26)10-9-15(19)3/h5-10,12,14,20H,11,13H2,1-4H3,(H,27,32)(H,28,33). The fourth-order valence-electron chi connectivity index (χ4n) is 3.38. The summed E-state index contributed by atoms with van der Waals surface area (Å²) < 4.78 is 15.2. The van der Waals surface area contributed by atoms with E-state index >= 15 is 0 Å². The highest BCUT2D eigenvalue weighted by molar-refractivity contribution is 7.99. The zero-order chi connectivity index (χ0) is 24.8. The molecule has 0 aliphatic carbocycles. The van der Waals surface area contributed by atoms with Crippen LogP contribution in [-0.2, 0) is 11.8 Å². The lowest BCUT2D eigenvalue weighted by Crippen LogP contribution is -2.31. The molecule has 1 heterocycles. The number of thioether (sulfide) groups is 1. The number of aromatic nitrogens is 3. The Morgan fingerprint density at radius 3 is 2.62 bits per heavy atom. The van der Waals surface area contributed by atoms with Crippen LogP contribution in [0.5, 0.6) is 0 Å². The Bertz CT molecular complexity index is 1180. The van der Waals surface area contributed by atoms with Gasteiger partial charge >= 0.3 is 0 Å². The first-order valence-corrected chi connectivity index (χ1v) is 12.2. The van der Waals surface area contributed by atoms with Crippen LogP contribution in [0.4, 0.5) is 10.1 Å². The first kappa shape index (κ1) is 25.7. The second-order valence-corrected chi connectivity index (χ2v) is 9.68. The molecule has 0 aliphatic rings. The summed E-state index contributed by atoms with van der Waals surface area (Å²) in [6, 6.07) is 10.7. The highest BCUT2D eigenvalue weighted by atomic mass is 35.5. The van der Waals surface area contributed by atoms with Crippen molar-refractivity contribution in [3.05, 3.63) is 70.3 Å². The third kappa shape index (κ3) is 6.57. The number of nitrogens with zero attached hydrogens (tertiary/aromatic N) is 3. The average molecular weight is 504 g/mol. The molecule has 0 bridgehead atoms. The molecule has 0 radical (unpaired) electrons. The number of hydrogen-bond acceptors (Lipinski definition) is 5. The Morgan fingerprint density at radius 1 is 1.18 bits per heavy atom. The topological polar surface area (TPSA) is 88.9 Å². The van der Waals surface area contributed by atoms with Crippen LogP contribution >= 0.6 is 23.4 Å². The fraction of sp³-hybridized carbons (Fsp3) is 0.333. The fourth-order valence-corrected chi connectivity index (χ4v) is 4.32. The van der Waals surface area contributed by atoms with E-state index in [0.29, 0.717) is 33.7 Å². The lowest BCUT2D eigenvalue weighted by molar-refractivity contribution is -0.113. The van der Waals surface area contributed by atoms with E-state index in [1.54, 1.807) is 48.9 Å². The molecular formula is C24H27ClFN5O2S. The van der Waals surface area contributed by atoms with Gasteiger partial charge in [0.15, 0.2) is 11.0 Å². The van der Waals surface area contributed by atoms with Crippen molar-refractivity contribution in [3.8, 4) is 0 Å². The van der Waals surface area contributed by atoms with Gasteiger partial charge in [0, 0.05) is 12.7 Å². The molecule has 3 rings (SSSR count). The summed E-state index contributed by atoms with van der Waals surface area (Å²) in [5.74, 6) is -0.0561. The van der Waals surface area contributed by atoms with E-state index in [1.165, 1.54) is 23.9 Å². The van der Waals surface area contributed by atoms with Crippen molar-refractivity contribution in [1.29, 1.82) is 0 Å². The predicted molar refractivity (Wildman–Crippen MR) is 133 cm³/mol. The Labute approximate surface area is 207 Å². The molecule has 2 N–H and O–H groups in total. The van der Waals surface area contributed by atoms with Crippen LogP contribution < -0.4 is 10.6 Å². The highest BCUT2D eigenvalue weighted by Crippen LogP contribution is 2.25. The van der Waals surface area contributed by atoms with Crippen molar-refractivity contribution < 1.29 is 14.0 Å². The lowest BCUT2D eigenvalue weighted by Gasteiger charge is -2.20. The summed E-state index contributed by atoms with van der Waals surface area (Å²) in [6.45, 7) is 5.90. The Morgan fingerprint density at radius 2 is 1.91 bits per heavy atom. The van der Waals surface area contributed by atoms with Crippen molar-refractivity contribution in [2.24, 2.45) is 13.0 Å². The van der Waals surface area contributed by atoms with Gasteiger partial charge in [-0.1, -0.05) is 55.4 Å².